The lowest BCUT2D eigenvalue weighted by Crippen LogP contribution is -2.54. The van der Waals surface area contributed by atoms with Crippen molar-refractivity contribution in [2.75, 3.05) is 6.61 Å². The molecule has 23 heavy (non-hydrogen) atoms. The molecule has 0 saturated heterocycles. The van der Waals surface area contributed by atoms with Crippen LogP contribution in [0.1, 0.15) is 31.7 Å². The fourth-order valence-corrected chi connectivity index (χ4v) is 2.31. The van der Waals surface area contributed by atoms with Gasteiger partial charge in [0.25, 0.3) is 0 Å². The van der Waals surface area contributed by atoms with Gasteiger partial charge in [0.2, 0.25) is 0 Å². The van der Waals surface area contributed by atoms with Crippen molar-refractivity contribution in [3.8, 4) is 0 Å². The van der Waals surface area contributed by atoms with Crippen LogP contribution < -0.4 is 0 Å². The van der Waals surface area contributed by atoms with Crippen molar-refractivity contribution < 1.29 is 30.6 Å². The zero-order chi connectivity index (χ0) is 17.5. The largest absolute Gasteiger partial charge is 0.509 e. The monoisotopic (exact) mass is 326 g/mol. The molecule has 0 heterocycles. The topological polar surface area (TPSA) is 121 Å². The lowest BCUT2D eigenvalue weighted by atomic mass is 9.83. The minimum Gasteiger partial charge on any atom is -0.509 e. The smallest absolute Gasteiger partial charge is 0.149 e. The first kappa shape index (κ1) is 19.6. The van der Waals surface area contributed by atoms with E-state index in [-0.39, 0.29) is 6.42 Å². The third kappa shape index (κ3) is 5.02. The number of rotatable bonds is 9. The highest BCUT2D eigenvalue weighted by atomic mass is 16.4. The second kappa shape index (κ2) is 9.00. The predicted molar refractivity (Wildman–Crippen MR) is 86.6 cm³/mol. The van der Waals surface area contributed by atoms with Gasteiger partial charge in [-0.25, -0.2) is 0 Å². The van der Waals surface area contributed by atoms with E-state index in [4.69, 9.17) is 5.11 Å². The summed E-state index contributed by atoms with van der Waals surface area (Å²) in [7, 11) is 0. The average molecular weight is 326 g/mol. The maximum atomic E-state index is 10.7. The van der Waals surface area contributed by atoms with Crippen LogP contribution in [0.2, 0.25) is 0 Å². The number of hydrogen-bond acceptors (Lipinski definition) is 6. The lowest BCUT2D eigenvalue weighted by molar-refractivity contribution is -0.156. The van der Waals surface area contributed by atoms with Gasteiger partial charge >= 0.3 is 0 Å². The molecule has 0 aromatic heterocycles. The molecule has 4 atom stereocenters. The summed E-state index contributed by atoms with van der Waals surface area (Å²) in [5, 5.41) is 59.5. The maximum absolute atomic E-state index is 10.7. The van der Waals surface area contributed by atoms with Crippen LogP contribution in [0.15, 0.2) is 36.1 Å². The van der Waals surface area contributed by atoms with E-state index in [0.29, 0.717) is 18.4 Å². The van der Waals surface area contributed by atoms with Gasteiger partial charge in [-0.3, -0.25) is 0 Å². The van der Waals surface area contributed by atoms with Gasteiger partial charge in [-0.15, -0.1) is 0 Å². The summed E-state index contributed by atoms with van der Waals surface area (Å²) in [6.45, 7) is 1.11. The summed E-state index contributed by atoms with van der Waals surface area (Å²) in [5.74, 6) is -0.506. The fraction of sp³-hybridized carbons (Fsp3) is 0.529. The molecule has 0 aliphatic carbocycles. The molecule has 0 radical (unpaired) electrons. The molecule has 0 spiro atoms. The van der Waals surface area contributed by atoms with Crippen LogP contribution in [0.25, 0.3) is 6.08 Å². The predicted octanol–water partition coefficient (Wildman–Crippen LogP) is 0.582. The second-order valence-corrected chi connectivity index (χ2v) is 5.65. The Hall–Kier alpha value is -1.44. The first-order valence-electron chi connectivity index (χ1n) is 7.70. The third-order valence-electron chi connectivity index (χ3n) is 3.85. The molecule has 6 heteroatoms. The Bertz CT molecular complexity index is 489. The minimum atomic E-state index is -2.12. The van der Waals surface area contributed by atoms with Gasteiger partial charge in [-0.2, -0.15) is 0 Å². The molecule has 0 aliphatic rings. The van der Waals surface area contributed by atoms with Crippen LogP contribution in [0.3, 0.4) is 0 Å². The van der Waals surface area contributed by atoms with E-state index in [0.717, 1.165) is 0 Å². The molecule has 0 bridgehead atoms. The van der Waals surface area contributed by atoms with Crippen LogP contribution in [-0.4, -0.2) is 61.2 Å². The zero-order valence-corrected chi connectivity index (χ0v) is 13.2. The van der Waals surface area contributed by atoms with E-state index in [1.54, 1.807) is 30.3 Å². The number of benzene rings is 1. The van der Waals surface area contributed by atoms with Crippen molar-refractivity contribution in [2.45, 2.75) is 50.1 Å². The third-order valence-corrected chi connectivity index (χ3v) is 3.85. The van der Waals surface area contributed by atoms with E-state index in [1.807, 2.05) is 6.92 Å². The normalized spacial score (nSPS) is 19.0. The number of unbranched alkanes of at least 4 members (excludes halogenated alkanes) is 1. The summed E-state index contributed by atoms with van der Waals surface area (Å²) < 4.78 is 0. The molecule has 0 fully saturated rings. The molecule has 6 nitrogen and oxygen atoms in total. The first-order valence-corrected chi connectivity index (χ1v) is 7.70. The highest BCUT2D eigenvalue weighted by Gasteiger charge is 2.45. The molecule has 6 N–H and O–H groups in total. The van der Waals surface area contributed by atoms with Gasteiger partial charge in [0.1, 0.15) is 29.7 Å². The van der Waals surface area contributed by atoms with Crippen molar-refractivity contribution in [2.24, 2.45) is 0 Å². The van der Waals surface area contributed by atoms with E-state index < -0.39 is 36.3 Å². The Morgan fingerprint density at radius 2 is 1.78 bits per heavy atom. The standard InChI is InChI=1S/C17H26O6/c1-2-3-9-17(23,16(22)15(21)13(19)11-18)14(20)10-12-7-5-4-6-8-12/h4-8,10,13,15-16,18-23H,2-3,9,11H2,1H3/t13-,15-,16+,17+/m1/s1. The van der Waals surface area contributed by atoms with E-state index >= 15 is 0 Å². The zero-order valence-electron chi connectivity index (χ0n) is 13.2. The fourth-order valence-electron chi connectivity index (χ4n) is 2.31. The van der Waals surface area contributed by atoms with Crippen molar-refractivity contribution in [3.63, 3.8) is 0 Å². The van der Waals surface area contributed by atoms with Crippen LogP contribution in [0.5, 0.6) is 0 Å². The van der Waals surface area contributed by atoms with Gasteiger partial charge in [0, 0.05) is 0 Å². The van der Waals surface area contributed by atoms with Crippen molar-refractivity contribution in [3.05, 3.63) is 41.7 Å². The molecule has 0 saturated carbocycles. The van der Waals surface area contributed by atoms with Crippen LogP contribution in [0, 0.1) is 0 Å². The molecule has 130 valence electrons. The van der Waals surface area contributed by atoms with Crippen molar-refractivity contribution >= 4 is 6.08 Å². The van der Waals surface area contributed by atoms with Crippen LogP contribution in [-0.2, 0) is 0 Å². The van der Waals surface area contributed by atoms with E-state index in [1.165, 1.54) is 6.08 Å². The van der Waals surface area contributed by atoms with Crippen LogP contribution in [0.4, 0.5) is 0 Å². The lowest BCUT2D eigenvalue weighted by Gasteiger charge is -2.36. The minimum absolute atomic E-state index is 0.00492. The molecular formula is C17H26O6. The maximum Gasteiger partial charge on any atom is 0.149 e. The van der Waals surface area contributed by atoms with Crippen LogP contribution >= 0.6 is 0 Å². The number of hydrogen-bond donors (Lipinski definition) is 6. The van der Waals surface area contributed by atoms with Crippen molar-refractivity contribution in [1.29, 1.82) is 0 Å². The Morgan fingerprint density at radius 1 is 1.17 bits per heavy atom. The Morgan fingerprint density at radius 3 is 2.30 bits per heavy atom. The summed E-state index contributed by atoms with van der Waals surface area (Å²) in [4.78, 5) is 0. The van der Waals surface area contributed by atoms with Gasteiger partial charge in [0.15, 0.2) is 0 Å². The van der Waals surface area contributed by atoms with Gasteiger partial charge in [-0.1, -0.05) is 50.1 Å². The van der Waals surface area contributed by atoms with E-state index in [2.05, 4.69) is 0 Å². The number of aliphatic hydroxyl groups is 6. The second-order valence-electron chi connectivity index (χ2n) is 5.65. The number of aliphatic hydroxyl groups excluding tert-OH is 5. The Balaban J connectivity index is 3.12. The highest BCUT2D eigenvalue weighted by Crippen LogP contribution is 2.30. The summed E-state index contributed by atoms with van der Waals surface area (Å²) in [6, 6.07) is 8.73. The molecule has 0 amide bonds. The SMILES string of the molecule is CCCC[C@](O)(C(O)=Cc1ccccc1)[C@@H](O)[C@H](O)[C@H](O)CO. The Kier molecular flexibility index (Phi) is 7.67. The molecule has 1 rings (SSSR count). The molecule has 1 aromatic rings. The molecule has 0 unspecified atom stereocenters. The Labute approximate surface area is 136 Å². The van der Waals surface area contributed by atoms with Crippen molar-refractivity contribution in [1.82, 2.24) is 0 Å². The van der Waals surface area contributed by atoms with Gasteiger partial charge < -0.3 is 30.6 Å². The summed E-state index contributed by atoms with van der Waals surface area (Å²) in [6.07, 6.45) is -2.78. The van der Waals surface area contributed by atoms with Gasteiger partial charge in [0.05, 0.1) is 6.61 Å². The quantitative estimate of drug-likeness (QED) is 0.369. The highest BCUT2D eigenvalue weighted by molar-refractivity contribution is 5.53. The molecular weight excluding hydrogens is 300 g/mol. The first-order chi connectivity index (χ1) is 10.9. The summed E-state index contributed by atoms with van der Waals surface area (Å²) >= 11 is 0. The molecule has 1 aromatic carbocycles. The van der Waals surface area contributed by atoms with Gasteiger partial charge in [-0.05, 0) is 18.1 Å². The average Bonchev–Trinajstić information content (AvgIpc) is 2.58. The summed E-state index contributed by atoms with van der Waals surface area (Å²) in [5.41, 5.74) is -1.51. The molecule has 0 aliphatic heterocycles. The van der Waals surface area contributed by atoms with E-state index in [9.17, 15) is 25.5 Å².